The summed E-state index contributed by atoms with van der Waals surface area (Å²) in [6.45, 7) is 0. The molecule has 2 nitrogen and oxygen atoms in total. The molecule has 0 aromatic heterocycles. The number of benzene rings is 4. The molecule has 0 bridgehead atoms. The Morgan fingerprint density at radius 2 is 1.03 bits per heavy atom. The molecule has 0 saturated carbocycles. The van der Waals surface area contributed by atoms with E-state index in [1.54, 1.807) is 0 Å². The first-order valence-corrected chi connectivity index (χ1v) is 18.9. The number of carbonyl (C=O) groups is 1. The van der Waals surface area contributed by atoms with E-state index in [9.17, 15) is 4.79 Å². The number of halogens is 2. The van der Waals surface area contributed by atoms with Gasteiger partial charge in [-0.2, -0.15) is 0 Å². The van der Waals surface area contributed by atoms with Crippen LogP contribution in [0.1, 0.15) is 14.8 Å². The summed E-state index contributed by atoms with van der Waals surface area (Å²) in [7, 11) is 0. The van der Waals surface area contributed by atoms with Gasteiger partial charge < -0.3 is 24.8 Å². The molecule has 0 atom stereocenters. The van der Waals surface area contributed by atoms with Crippen LogP contribution in [0.15, 0.2) is 109 Å². The van der Waals surface area contributed by atoms with E-state index in [4.69, 9.17) is 0 Å². The van der Waals surface area contributed by atoms with Crippen molar-refractivity contribution >= 4 is 22.7 Å². The fraction of sp³-hybridized carbons (Fsp3) is 0.0385. The summed E-state index contributed by atoms with van der Waals surface area (Å²) in [5.74, 6) is -1.60. The number of hydrogen-bond acceptors (Lipinski definition) is 1. The van der Waals surface area contributed by atoms with Crippen LogP contribution in [0.25, 0.3) is 11.1 Å². The Morgan fingerprint density at radius 3 is 1.47 bits per heavy atom. The van der Waals surface area contributed by atoms with Gasteiger partial charge >= 0.3 is 187 Å². The van der Waals surface area contributed by atoms with Crippen LogP contribution in [0.4, 0.5) is 0 Å². The molecule has 32 heavy (non-hydrogen) atoms. The maximum atomic E-state index is 11.9. The van der Waals surface area contributed by atoms with Crippen molar-refractivity contribution in [2.75, 3.05) is 0 Å². The van der Waals surface area contributed by atoms with E-state index in [1.807, 2.05) is 0 Å². The Morgan fingerprint density at radius 1 is 0.625 bits per heavy atom. The smallest absolute Gasteiger partial charge is 1.00 e. The quantitative estimate of drug-likeness (QED) is 0.209. The van der Waals surface area contributed by atoms with Crippen LogP contribution in [-0.4, -0.2) is 12.3 Å². The van der Waals surface area contributed by atoms with Crippen LogP contribution in [0.3, 0.4) is 0 Å². The minimum atomic E-state index is -2.57. The van der Waals surface area contributed by atoms with E-state index in [0.29, 0.717) is 3.63 Å². The zero-order chi connectivity index (χ0) is 20.3. The van der Waals surface area contributed by atoms with Crippen LogP contribution < -0.4 is 38.4 Å². The normalized spacial score (nSPS) is 11.5. The van der Waals surface area contributed by atoms with Gasteiger partial charge in [0.2, 0.25) is 0 Å². The van der Waals surface area contributed by atoms with Crippen molar-refractivity contribution in [3.63, 3.8) is 0 Å². The Kier molecular flexibility index (Phi) is 8.67. The van der Waals surface area contributed by atoms with Crippen molar-refractivity contribution in [3.8, 4) is 11.1 Å². The number of carbonyl (C=O) groups excluding carboxylic acids is 1. The monoisotopic (exact) mass is 552 g/mol. The van der Waals surface area contributed by atoms with E-state index in [2.05, 4.69) is 112 Å². The molecule has 1 aliphatic rings. The van der Waals surface area contributed by atoms with E-state index in [-0.39, 0.29) is 24.8 Å². The molecular weight excluding hydrogens is 533 g/mol. The summed E-state index contributed by atoms with van der Waals surface area (Å²) in [6.07, 6.45) is 0.976. The maximum absolute atomic E-state index is 11.9. The molecular formula is C26H22Cl2NOSiZr. The molecule has 4 aromatic rings. The second kappa shape index (κ2) is 11.2. The molecule has 159 valence electrons. The van der Waals surface area contributed by atoms with E-state index in [1.165, 1.54) is 32.6 Å². The average Bonchev–Trinajstić information content (AvgIpc) is 3.15. The largest absolute Gasteiger partial charge is 1.00 e. The van der Waals surface area contributed by atoms with Crippen molar-refractivity contribution < 1.29 is 50.8 Å². The minimum absolute atomic E-state index is 0. The second-order valence-corrected chi connectivity index (χ2v) is 22.1. The van der Waals surface area contributed by atoms with Gasteiger partial charge in [-0.15, -0.1) is 0 Å². The zero-order valence-corrected chi connectivity index (χ0v) is 22.4. The molecule has 4 aromatic carbocycles. The van der Waals surface area contributed by atoms with Gasteiger partial charge in [-0.25, -0.2) is 0 Å². The van der Waals surface area contributed by atoms with E-state index < -0.39 is 27.1 Å². The maximum Gasteiger partial charge on any atom is -1.00 e. The second-order valence-electron chi connectivity index (χ2n) is 7.58. The van der Waals surface area contributed by atoms with Crippen molar-refractivity contribution in [1.29, 1.82) is 0 Å². The van der Waals surface area contributed by atoms with Crippen molar-refractivity contribution in [3.05, 3.63) is 120 Å². The van der Waals surface area contributed by atoms with Crippen LogP contribution in [0, 0.1) is 0 Å². The third kappa shape index (κ3) is 4.56. The van der Waals surface area contributed by atoms with Crippen molar-refractivity contribution in [2.45, 2.75) is 3.63 Å². The third-order valence-electron chi connectivity index (χ3n) is 5.95. The predicted octanol–water partition coefficient (Wildman–Crippen LogP) is -2.42. The number of amides is 1. The molecule has 0 spiro atoms. The molecule has 0 unspecified atom stereocenters. The molecule has 1 N–H and O–H groups in total. The SMILES string of the molecule is O=C[NH][Zr+2]([CH]1c2ccccc2-c2ccccc21)[SiH](c1ccccc1)c1ccccc1.[Cl-].[Cl-]. The van der Waals surface area contributed by atoms with Crippen LogP contribution >= 0.6 is 0 Å². The molecule has 0 aliphatic heterocycles. The topological polar surface area (TPSA) is 29.1 Å². The predicted molar refractivity (Wildman–Crippen MR) is 122 cm³/mol. The average molecular weight is 555 g/mol. The van der Waals surface area contributed by atoms with Gasteiger partial charge in [0.05, 0.1) is 0 Å². The molecule has 0 saturated heterocycles. The fourth-order valence-electron chi connectivity index (χ4n) is 4.73. The van der Waals surface area contributed by atoms with Gasteiger partial charge in [-0.05, 0) is 0 Å². The zero-order valence-electron chi connectivity index (χ0n) is 17.3. The molecule has 0 fully saturated rings. The first kappa shape index (κ1) is 24.7. The molecule has 5 rings (SSSR count). The summed E-state index contributed by atoms with van der Waals surface area (Å²) >= 11 is -2.57. The Bertz CT molecular complexity index is 1090. The number of hydrogen-bond donors (Lipinski definition) is 1. The van der Waals surface area contributed by atoms with Gasteiger partial charge in [-0.3, -0.25) is 0 Å². The fourth-order valence-corrected chi connectivity index (χ4v) is 25.5. The summed E-state index contributed by atoms with van der Waals surface area (Å²) < 4.78 is 3.82. The minimum Gasteiger partial charge on any atom is -1.00 e. The summed E-state index contributed by atoms with van der Waals surface area (Å²) in [5, 5.41) is 2.85. The van der Waals surface area contributed by atoms with E-state index in [0.717, 1.165) is 6.41 Å². The van der Waals surface area contributed by atoms with Gasteiger partial charge in [0, 0.05) is 0 Å². The Balaban J connectivity index is 0.00000144. The standard InChI is InChI=1S/C13H9.C12H11Si.CH3NO.2ClH.Zr/c1-3-7-12-10(5-1)9-11-6-2-4-8-13(11)12;1-3-7-11(8-4-1)13-12-9-5-2-6-10-12;2-1-3;;;/h1-9H;1-10,13H;1H,(H2,2,3);2*1H;/q;;;;;+3/p-3. The molecule has 1 amide bonds. The van der Waals surface area contributed by atoms with E-state index >= 15 is 0 Å². The molecule has 1 aliphatic carbocycles. The number of fused-ring (bicyclic) bond motifs is 3. The van der Waals surface area contributed by atoms with Crippen molar-refractivity contribution in [1.82, 2.24) is 3.26 Å². The molecule has 0 radical (unpaired) electrons. The summed E-state index contributed by atoms with van der Waals surface area (Å²) in [4.78, 5) is 11.9. The number of nitrogens with one attached hydrogen (secondary N) is 1. The Labute approximate surface area is 210 Å². The summed E-state index contributed by atoms with van der Waals surface area (Å²) in [6, 6.07) is 39.3. The first-order valence-electron chi connectivity index (χ1n) is 10.2. The molecule has 6 heteroatoms. The first-order chi connectivity index (χ1) is 14.9. The van der Waals surface area contributed by atoms with Crippen LogP contribution in [0.2, 0.25) is 0 Å². The Hall–Kier alpha value is -1.97. The molecule has 0 heterocycles. The van der Waals surface area contributed by atoms with Gasteiger partial charge in [0.15, 0.2) is 0 Å². The van der Waals surface area contributed by atoms with Gasteiger partial charge in [-0.1, -0.05) is 0 Å². The van der Waals surface area contributed by atoms with Crippen molar-refractivity contribution in [2.24, 2.45) is 0 Å². The summed E-state index contributed by atoms with van der Waals surface area (Å²) in [5.41, 5.74) is 5.45. The van der Waals surface area contributed by atoms with Gasteiger partial charge in [0.1, 0.15) is 0 Å². The van der Waals surface area contributed by atoms with Crippen LogP contribution in [-0.2, 0) is 26.0 Å². The third-order valence-corrected chi connectivity index (χ3v) is 25.3. The van der Waals surface area contributed by atoms with Gasteiger partial charge in [0.25, 0.3) is 0 Å². The number of rotatable bonds is 6. The van der Waals surface area contributed by atoms with Crippen LogP contribution in [0.5, 0.6) is 0 Å².